The first-order valence-corrected chi connectivity index (χ1v) is 8.11. The molecule has 0 aliphatic carbocycles. The third kappa shape index (κ3) is 4.45. The molecule has 0 spiro atoms. The van der Waals surface area contributed by atoms with Crippen LogP contribution in [0.1, 0.15) is 44.2 Å². The number of hydrogen-bond donors (Lipinski definition) is 1. The third-order valence-corrected chi connectivity index (χ3v) is 4.72. The van der Waals surface area contributed by atoms with Crippen LogP contribution in [-0.4, -0.2) is 41.3 Å². The molecule has 1 aromatic rings. The van der Waals surface area contributed by atoms with Gasteiger partial charge in [0.05, 0.1) is 0 Å². The zero-order valence-electron chi connectivity index (χ0n) is 13.8. The molecule has 0 radical (unpaired) electrons. The third-order valence-electron chi connectivity index (χ3n) is 4.72. The Morgan fingerprint density at radius 1 is 1.19 bits per heavy atom. The molecule has 0 unspecified atom stereocenters. The number of aryl methyl sites for hydroxylation is 2. The summed E-state index contributed by atoms with van der Waals surface area (Å²) in [6.07, 6.45) is 3.33. The van der Waals surface area contributed by atoms with Crippen LogP contribution >= 0.6 is 0 Å². The zero-order chi connectivity index (χ0) is 15.4. The van der Waals surface area contributed by atoms with E-state index in [2.05, 4.69) is 38.7 Å². The highest BCUT2D eigenvalue weighted by molar-refractivity contribution is 5.33. The molecule has 1 N–H and O–H groups in total. The van der Waals surface area contributed by atoms with Gasteiger partial charge < -0.3 is 9.84 Å². The molecule has 3 atom stereocenters. The maximum absolute atomic E-state index is 10.3. The van der Waals surface area contributed by atoms with Crippen molar-refractivity contribution in [2.75, 3.05) is 13.2 Å². The minimum Gasteiger partial charge on any atom is -0.491 e. The van der Waals surface area contributed by atoms with E-state index in [0.717, 1.165) is 5.75 Å². The monoisotopic (exact) mass is 291 g/mol. The van der Waals surface area contributed by atoms with Crippen molar-refractivity contribution < 1.29 is 9.84 Å². The molecule has 1 heterocycles. The minimum absolute atomic E-state index is 0.360. The van der Waals surface area contributed by atoms with Crippen LogP contribution in [0, 0.1) is 13.8 Å². The van der Waals surface area contributed by atoms with E-state index < -0.39 is 6.10 Å². The molecule has 0 saturated carbocycles. The van der Waals surface area contributed by atoms with E-state index in [4.69, 9.17) is 4.74 Å². The molecule has 118 valence electrons. The highest BCUT2D eigenvalue weighted by atomic mass is 16.5. The fraction of sp³-hybridized carbons (Fsp3) is 0.667. The van der Waals surface area contributed by atoms with Gasteiger partial charge in [0.1, 0.15) is 18.5 Å². The van der Waals surface area contributed by atoms with E-state index in [1.807, 2.05) is 12.1 Å². The summed E-state index contributed by atoms with van der Waals surface area (Å²) in [4.78, 5) is 2.41. The second-order valence-corrected chi connectivity index (χ2v) is 6.54. The maximum Gasteiger partial charge on any atom is 0.119 e. The second kappa shape index (κ2) is 7.28. The predicted octanol–water partition coefficient (Wildman–Crippen LogP) is 3.31. The standard InChI is InChI=1S/C18H29NO2/c1-13-8-9-18(10-14(13)2)21-12-17(20)11-19-15(3)6-5-7-16(19)4/h8-10,15-17,20H,5-7,11-12H2,1-4H3/t15-,16-,17-/m0/s1. The van der Waals surface area contributed by atoms with Gasteiger partial charge >= 0.3 is 0 Å². The molecule has 21 heavy (non-hydrogen) atoms. The average Bonchev–Trinajstić information content (AvgIpc) is 2.44. The van der Waals surface area contributed by atoms with Crippen molar-refractivity contribution in [3.8, 4) is 5.75 Å². The number of nitrogens with zero attached hydrogens (tertiary/aromatic N) is 1. The van der Waals surface area contributed by atoms with Crippen LogP contribution in [0.5, 0.6) is 5.75 Å². The van der Waals surface area contributed by atoms with Crippen molar-refractivity contribution in [3.63, 3.8) is 0 Å². The average molecular weight is 291 g/mol. The fourth-order valence-corrected chi connectivity index (χ4v) is 3.13. The highest BCUT2D eigenvalue weighted by Crippen LogP contribution is 2.23. The summed E-state index contributed by atoms with van der Waals surface area (Å²) in [7, 11) is 0. The van der Waals surface area contributed by atoms with Crippen molar-refractivity contribution >= 4 is 0 Å². The Morgan fingerprint density at radius 2 is 1.86 bits per heavy atom. The smallest absolute Gasteiger partial charge is 0.119 e. The molecule has 1 aliphatic heterocycles. The number of aliphatic hydroxyl groups is 1. The number of likely N-dealkylation sites (tertiary alicyclic amines) is 1. The molecular formula is C18H29NO2. The van der Waals surface area contributed by atoms with Crippen molar-refractivity contribution in [1.29, 1.82) is 0 Å². The van der Waals surface area contributed by atoms with Crippen LogP contribution in [0.2, 0.25) is 0 Å². The second-order valence-electron chi connectivity index (χ2n) is 6.54. The van der Waals surface area contributed by atoms with Gasteiger partial charge in [0, 0.05) is 18.6 Å². The van der Waals surface area contributed by atoms with Gasteiger partial charge in [-0.2, -0.15) is 0 Å². The van der Waals surface area contributed by atoms with E-state index in [1.54, 1.807) is 0 Å². The Morgan fingerprint density at radius 3 is 2.48 bits per heavy atom. The lowest BCUT2D eigenvalue weighted by Gasteiger charge is -2.40. The molecular weight excluding hydrogens is 262 g/mol. The van der Waals surface area contributed by atoms with Gasteiger partial charge in [-0.15, -0.1) is 0 Å². The molecule has 0 amide bonds. The number of hydrogen-bond acceptors (Lipinski definition) is 3. The summed E-state index contributed by atoms with van der Waals surface area (Å²) in [5.74, 6) is 0.844. The molecule has 0 bridgehead atoms. The van der Waals surface area contributed by atoms with Crippen LogP contribution in [-0.2, 0) is 0 Å². The number of β-amino-alcohol motifs (C(OH)–C–C–N with tert-alkyl or cyclic N) is 1. The number of rotatable bonds is 5. The van der Waals surface area contributed by atoms with Crippen molar-refractivity contribution in [1.82, 2.24) is 4.90 Å². The topological polar surface area (TPSA) is 32.7 Å². The summed E-state index contributed by atoms with van der Waals surface area (Å²) in [5.41, 5.74) is 2.49. The first kappa shape index (κ1) is 16.3. The maximum atomic E-state index is 10.3. The Hall–Kier alpha value is -1.06. The number of benzene rings is 1. The molecule has 3 heteroatoms. The van der Waals surface area contributed by atoms with Crippen molar-refractivity contribution in [3.05, 3.63) is 29.3 Å². The van der Waals surface area contributed by atoms with E-state index >= 15 is 0 Å². The summed E-state index contributed by atoms with van der Waals surface area (Å²) < 4.78 is 5.74. The Kier molecular flexibility index (Phi) is 5.65. The minimum atomic E-state index is -0.436. The van der Waals surface area contributed by atoms with Crippen LogP contribution in [0.3, 0.4) is 0 Å². The molecule has 1 aliphatic rings. The van der Waals surface area contributed by atoms with Crippen LogP contribution in [0.4, 0.5) is 0 Å². The molecule has 1 aromatic carbocycles. The lowest BCUT2D eigenvalue weighted by molar-refractivity contribution is 0.0209. The van der Waals surface area contributed by atoms with Gasteiger partial charge in [-0.1, -0.05) is 12.5 Å². The SMILES string of the molecule is Cc1ccc(OC[C@@H](O)CN2[C@@H](C)CCC[C@@H]2C)cc1C. The van der Waals surface area contributed by atoms with E-state index in [0.29, 0.717) is 25.2 Å². The first-order valence-electron chi connectivity index (χ1n) is 8.11. The highest BCUT2D eigenvalue weighted by Gasteiger charge is 2.26. The van der Waals surface area contributed by atoms with Gasteiger partial charge in [0.2, 0.25) is 0 Å². The predicted molar refractivity (Wildman–Crippen MR) is 86.9 cm³/mol. The van der Waals surface area contributed by atoms with Gasteiger partial charge in [-0.3, -0.25) is 4.90 Å². The Bertz CT molecular complexity index is 451. The lowest BCUT2D eigenvalue weighted by atomic mass is 9.97. The van der Waals surface area contributed by atoms with Gasteiger partial charge in [-0.05, 0) is 63.8 Å². The molecule has 3 nitrogen and oxygen atoms in total. The fourth-order valence-electron chi connectivity index (χ4n) is 3.13. The molecule has 1 fully saturated rings. The number of ether oxygens (including phenoxy) is 1. The summed E-state index contributed by atoms with van der Waals surface area (Å²) in [6, 6.07) is 7.19. The summed E-state index contributed by atoms with van der Waals surface area (Å²) >= 11 is 0. The van der Waals surface area contributed by atoms with Crippen LogP contribution in [0.25, 0.3) is 0 Å². The molecule has 0 aromatic heterocycles. The summed E-state index contributed by atoms with van der Waals surface area (Å²) in [6.45, 7) is 9.74. The first-order chi connectivity index (χ1) is 9.97. The van der Waals surface area contributed by atoms with Crippen molar-refractivity contribution in [2.24, 2.45) is 0 Å². The molecule has 1 saturated heterocycles. The van der Waals surface area contributed by atoms with E-state index in [1.165, 1.54) is 30.4 Å². The Labute approximate surface area is 128 Å². The van der Waals surface area contributed by atoms with Crippen molar-refractivity contribution in [2.45, 2.75) is 65.1 Å². The lowest BCUT2D eigenvalue weighted by Crippen LogP contribution is -2.48. The summed E-state index contributed by atoms with van der Waals surface area (Å²) in [5, 5.41) is 10.3. The van der Waals surface area contributed by atoms with Gasteiger partial charge in [-0.25, -0.2) is 0 Å². The van der Waals surface area contributed by atoms with E-state index in [-0.39, 0.29) is 0 Å². The van der Waals surface area contributed by atoms with Crippen LogP contribution < -0.4 is 4.74 Å². The van der Waals surface area contributed by atoms with Gasteiger partial charge in [0.25, 0.3) is 0 Å². The number of piperidine rings is 1. The zero-order valence-corrected chi connectivity index (χ0v) is 13.8. The van der Waals surface area contributed by atoms with Crippen LogP contribution in [0.15, 0.2) is 18.2 Å². The normalized spacial score (nSPS) is 24.8. The molecule has 2 rings (SSSR count). The largest absolute Gasteiger partial charge is 0.491 e. The Balaban J connectivity index is 1.83. The quantitative estimate of drug-likeness (QED) is 0.903. The number of aliphatic hydroxyl groups excluding tert-OH is 1. The van der Waals surface area contributed by atoms with Gasteiger partial charge in [0.15, 0.2) is 0 Å². The van der Waals surface area contributed by atoms with E-state index in [9.17, 15) is 5.11 Å².